The summed E-state index contributed by atoms with van der Waals surface area (Å²) in [7, 11) is 0. The third kappa shape index (κ3) is 2.77. The molecule has 2 amide bonds. The first-order chi connectivity index (χ1) is 12.3. The molecule has 1 heterocycles. The number of carbonyl (C=O) groups is 2. The Morgan fingerprint density at radius 2 is 1.77 bits per heavy atom. The molecule has 26 heavy (non-hydrogen) atoms. The normalized spacial score (nSPS) is 15.1. The first kappa shape index (κ1) is 18.1. The maximum atomic E-state index is 13.2. The Morgan fingerprint density at radius 1 is 1.12 bits per heavy atom. The predicted octanol–water partition coefficient (Wildman–Crippen LogP) is 4.14. The zero-order valence-corrected chi connectivity index (χ0v) is 15.5. The van der Waals surface area contributed by atoms with Crippen LogP contribution in [0.1, 0.15) is 43.6 Å². The Labute approximate surface area is 153 Å². The fraction of sp³-hybridized carbons (Fsp3) is 0.333. The number of anilines is 2. The van der Waals surface area contributed by atoms with Gasteiger partial charge in [-0.25, -0.2) is 4.39 Å². The second-order valence-corrected chi connectivity index (χ2v) is 6.93. The number of hydrogen-bond acceptors (Lipinski definition) is 2. The molecule has 2 aromatic rings. The lowest BCUT2D eigenvalue weighted by atomic mass is 9.86. The lowest BCUT2D eigenvalue weighted by molar-refractivity contribution is -0.122. The molecule has 0 bridgehead atoms. The van der Waals surface area contributed by atoms with Gasteiger partial charge in [-0.2, -0.15) is 0 Å². The summed E-state index contributed by atoms with van der Waals surface area (Å²) in [6.45, 7) is 8.63. The fourth-order valence-corrected chi connectivity index (χ4v) is 3.51. The van der Waals surface area contributed by atoms with E-state index in [0.29, 0.717) is 24.3 Å². The third-order valence-corrected chi connectivity index (χ3v) is 5.00. The van der Waals surface area contributed by atoms with Gasteiger partial charge in [0.25, 0.3) is 5.91 Å². The van der Waals surface area contributed by atoms with Crippen molar-refractivity contribution in [3.63, 3.8) is 0 Å². The summed E-state index contributed by atoms with van der Waals surface area (Å²) in [6.07, 6.45) is 0. The zero-order valence-electron chi connectivity index (χ0n) is 15.5. The van der Waals surface area contributed by atoms with Gasteiger partial charge in [-0.05, 0) is 69.7 Å². The molecule has 4 nitrogen and oxygen atoms in total. The van der Waals surface area contributed by atoms with Crippen molar-refractivity contribution in [1.82, 2.24) is 0 Å². The Bertz CT molecular complexity index is 859. The second kappa shape index (κ2) is 6.56. The molecule has 0 saturated heterocycles. The maximum absolute atomic E-state index is 13.2. The Morgan fingerprint density at radius 3 is 2.35 bits per heavy atom. The van der Waals surface area contributed by atoms with Crippen molar-refractivity contribution in [3.8, 4) is 0 Å². The predicted molar refractivity (Wildman–Crippen MR) is 101 cm³/mol. The van der Waals surface area contributed by atoms with E-state index in [1.807, 2.05) is 33.8 Å². The molecule has 0 radical (unpaired) electrons. The van der Waals surface area contributed by atoms with Gasteiger partial charge in [0.15, 0.2) is 0 Å². The highest BCUT2D eigenvalue weighted by Gasteiger charge is 2.43. The minimum absolute atomic E-state index is 0.0467. The molecule has 0 atom stereocenters. The summed E-state index contributed by atoms with van der Waals surface area (Å²) in [5.41, 5.74) is 2.30. The van der Waals surface area contributed by atoms with E-state index < -0.39 is 5.41 Å². The molecular weight excluding hydrogens is 331 g/mol. The summed E-state index contributed by atoms with van der Waals surface area (Å²) in [4.78, 5) is 29.0. The smallest absolute Gasteiger partial charge is 0.258 e. The van der Waals surface area contributed by atoms with Crippen molar-refractivity contribution in [2.24, 2.45) is 0 Å². The van der Waals surface area contributed by atoms with Gasteiger partial charge in [0, 0.05) is 30.0 Å². The number of rotatable bonds is 4. The minimum Gasteiger partial charge on any atom is -0.312 e. The number of benzene rings is 2. The van der Waals surface area contributed by atoms with Gasteiger partial charge in [0.05, 0.1) is 5.41 Å². The van der Waals surface area contributed by atoms with Crippen LogP contribution in [0.15, 0.2) is 42.5 Å². The van der Waals surface area contributed by atoms with E-state index >= 15 is 0 Å². The number of halogens is 1. The second-order valence-electron chi connectivity index (χ2n) is 6.93. The minimum atomic E-state index is -0.589. The largest absolute Gasteiger partial charge is 0.312 e. The Hall–Kier alpha value is -2.69. The van der Waals surface area contributed by atoms with E-state index in [-0.39, 0.29) is 17.6 Å². The van der Waals surface area contributed by atoms with Crippen molar-refractivity contribution in [2.45, 2.75) is 33.1 Å². The molecule has 0 aromatic heterocycles. The average Bonchev–Trinajstić information content (AvgIpc) is 2.82. The van der Waals surface area contributed by atoms with Crippen LogP contribution >= 0.6 is 0 Å². The number of amides is 2. The van der Waals surface area contributed by atoms with Crippen LogP contribution in [-0.4, -0.2) is 24.9 Å². The van der Waals surface area contributed by atoms with E-state index in [4.69, 9.17) is 0 Å². The van der Waals surface area contributed by atoms with Crippen LogP contribution in [0.5, 0.6) is 0 Å². The fourth-order valence-electron chi connectivity index (χ4n) is 3.51. The highest BCUT2D eigenvalue weighted by atomic mass is 19.1. The highest BCUT2D eigenvalue weighted by molar-refractivity contribution is 6.11. The van der Waals surface area contributed by atoms with E-state index in [1.165, 1.54) is 12.1 Å². The average molecular weight is 354 g/mol. The van der Waals surface area contributed by atoms with Crippen LogP contribution in [0.2, 0.25) is 0 Å². The molecular formula is C21H23FN2O2. The van der Waals surface area contributed by atoms with Crippen LogP contribution in [-0.2, 0) is 10.2 Å². The molecule has 0 unspecified atom stereocenters. The van der Waals surface area contributed by atoms with Gasteiger partial charge in [-0.15, -0.1) is 0 Å². The number of nitrogens with zero attached hydrogens (tertiary/aromatic N) is 2. The number of fused-ring (bicyclic) bond motifs is 1. The number of likely N-dealkylation sites (N-methyl/N-ethyl adjacent to an activating group) is 1. The van der Waals surface area contributed by atoms with Gasteiger partial charge < -0.3 is 9.80 Å². The molecule has 1 aliphatic rings. The summed E-state index contributed by atoms with van der Waals surface area (Å²) >= 11 is 0. The molecule has 3 rings (SSSR count). The summed E-state index contributed by atoms with van der Waals surface area (Å²) in [6, 6.07) is 11.3. The van der Waals surface area contributed by atoms with Crippen LogP contribution in [0.4, 0.5) is 15.8 Å². The van der Waals surface area contributed by atoms with Gasteiger partial charge in [-0.1, -0.05) is 6.07 Å². The molecule has 0 aliphatic carbocycles. The van der Waals surface area contributed by atoms with Gasteiger partial charge in [0.1, 0.15) is 5.82 Å². The molecule has 0 saturated carbocycles. The van der Waals surface area contributed by atoms with E-state index in [9.17, 15) is 14.0 Å². The third-order valence-electron chi connectivity index (χ3n) is 5.00. The quantitative estimate of drug-likeness (QED) is 0.828. The Kier molecular flexibility index (Phi) is 4.57. The van der Waals surface area contributed by atoms with Crippen LogP contribution in [0.25, 0.3) is 0 Å². The molecule has 136 valence electrons. The molecule has 1 aliphatic heterocycles. The van der Waals surface area contributed by atoms with Crippen molar-refractivity contribution >= 4 is 23.2 Å². The van der Waals surface area contributed by atoms with Crippen LogP contribution < -0.4 is 9.80 Å². The zero-order chi connectivity index (χ0) is 19.1. The van der Waals surface area contributed by atoms with E-state index in [0.717, 1.165) is 11.3 Å². The molecule has 0 N–H and O–H groups in total. The monoisotopic (exact) mass is 354 g/mol. The van der Waals surface area contributed by atoms with Crippen LogP contribution in [0, 0.1) is 5.82 Å². The lowest BCUT2D eigenvalue weighted by Gasteiger charge is -2.22. The van der Waals surface area contributed by atoms with E-state index in [2.05, 4.69) is 0 Å². The molecule has 5 heteroatoms. The number of hydrogen-bond donors (Lipinski definition) is 0. The summed E-state index contributed by atoms with van der Waals surface area (Å²) in [5, 5.41) is 0. The SMILES string of the molecule is CCN(C(=O)c1ccc2c(c1)N(CC)C(=O)C2(C)C)c1ccc(F)cc1. The molecule has 2 aromatic carbocycles. The molecule has 0 spiro atoms. The van der Waals surface area contributed by atoms with Crippen molar-refractivity contribution < 1.29 is 14.0 Å². The van der Waals surface area contributed by atoms with Crippen molar-refractivity contribution in [3.05, 3.63) is 59.4 Å². The number of carbonyl (C=O) groups excluding carboxylic acids is 2. The maximum Gasteiger partial charge on any atom is 0.258 e. The summed E-state index contributed by atoms with van der Waals surface area (Å²) < 4.78 is 13.2. The van der Waals surface area contributed by atoms with Gasteiger partial charge in [-0.3, -0.25) is 9.59 Å². The first-order valence-electron chi connectivity index (χ1n) is 8.85. The Balaban J connectivity index is 2.00. The summed E-state index contributed by atoms with van der Waals surface area (Å²) in [5.74, 6) is -0.463. The van der Waals surface area contributed by atoms with Gasteiger partial charge >= 0.3 is 0 Å². The molecule has 0 fully saturated rings. The standard InChI is InChI=1S/C21H23FN2O2/c1-5-23(16-10-8-15(22)9-11-16)19(25)14-7-12-17-18(13-14)24(6-2)20(26)21(17,3)4/h7-13H,5-6H2,1-4H3. The van der Waals surface area contributed by atoms with Crippen molar-refractivity contribution in [2.75, 3.05) is 22.9 Å². The van der Waals surface area contributed by atoms with Crippen molar-refractivity contribution in [1.29, 1.82) is 0 Å². The topological polar surface area (TPSA) is 40.6 Å². The van der Waals surface area contributed by atoms with Crippen LogP contribution in [0.3, 0.4) is 0 Å². The highest BCUT2D eigenvalue weighted by Crippen LogP contribution is 2.42. The van der Waals surface area contributed by atoms with Gasteiger partial charge in [0.2, 0.25) is 5.91 Å². The lowest BCUT2D eigenvalue weighted by Crippen LogP contribution is -2.35. The van der Waals surface area contributed by atoms with E-state index in [1.54, 1.807) is 34.1 Å². The first-order valence-corrected chi connectivity index (χ1v) is 8.85.